The number of fused-ring (bicyclic) bond motifs is 6. The Morgan fingerprint density at radius 3 is 0.908 bits per heavy atom. The van der Waals surface area contributed by atoms with Crippen LogP contribution < -0.4 is 0 Å². The molecule has 0 unspecified atom stereocenters. The molecule has 0 aliphatic rings. The van der Waals surface area contributed by atoms with E-state index in [0.717, 1.165) is 24.3 Å². The first-order valence-electron chi connectivity index (χ1n) is 27.0. The van der Waals surface area contributed by atoms with Gasteiger partial charge in [0.15, 0.2) is 0 Å². The molecular formula is C65H25F30N3. The minimum Gasteiger partial charge on any atom is -0.307 e. The van der Waals surface area contributed by atoms with Crippen molar-refractivity contribution in [2.75, 3.05) is 0 Å². The summed E-state index contributed by atoms with van der Waals surface area (Å²) in [5.74, 6) is 0. The van der Waals surface area contributed by atoms with Crippen molar-refractivity contribution in [2.24, 2.45) is 0 Å². The van der Waals surface area contributed by atoms with Gasteiger partial charge >= 0.3 is 61.8 Å². The highest BCUT2D eigenvalue weighted by Gasteiger charge is 2.46. The van der Waals surface area contributed by atoms with Crippen LogP contribution in [0.5, 0.6) is 0 Å². The zero-order valence-electron chi connectivity index (χ0n) is 47.1. The van der Waals surface area contributed by atoms with E-state index in [4.69, 9.17) is 0 Å². The third-order valence-electron chi connectivity index (χ3n) is 15.8. The van der Waals surface area contributed by atoms with Crippen LogP contribution >= 0.6 is 0 Å². The fourth-order valence-corrected chi connectivity index (χ4v) is 11.7. The monoisotopic (exact) mass is 1420 g/mol. The van der Waals surface area contributed by atoms with E-state index in [9.17, 15) is 44.8 Å². The highest BCUT2D eigenvalue weighted by Crippen LogP contribution is 2.53. The standard InChI is InChI=1S/C65H25F30N3/c66-56(67,68)31-7-13-35(44(20-31)62(84,85)86)27-4-10-38-39-11-5-28(36-14-8-32(57(69,70)71)21-45(36)63(87,88)89)17-49(39)97(48(38)16-27)51-19-30(26-96)41(54-42(60(78,79)80)2-1-3-43(54)61(81,82)83)25-52(51)98-50-18-29(37-15-9-33(58(72,73)74)22-46(37)64(90,91)92)6-12-40(50)55-47(65(93,94)95)23-34(24-53(55)98)59(75,76)77/h1-25H. The molecule has 2 aromatic heterocycles. The number of aromatic nitrogens is 2. The van der Waals surface area contributed by atoms with Gasteiger partial charge in [-0.15, -0.1) is 0 Å². The van der Waals surface area contributed by atoms with Gasteiger partial charge in [-0.2, -0.15) is 137 Å². The van der Waals surface area contributed by atoms with Crippen molar-refractivity contribution in [1.82, 2.24) is 9.13 Å². The molecule has 33 heteroatoms. The van der Waals surface area contributed by atoms with E-state index in [2.05, 4.69) is 0 Å². The van der Waals surface area contributed by atoms with E-state index in [1.165, 1.54) is 6.07 Å². The van der Waals surface area contributed by atoms with Gasteiger partial charge < -0.3 is 9.13 Å². The van der Waals surface area contributed by atoms with Crippen molar-refractivity contribution in [3.05, 3.63) is 213 Å². The molecule has 0 bridgehead atoms. The fourth-order valence-electron chi connectivity index (χ4n) is 11.7. The van der Waals surface area contributed by atoms with Crippen LogP contribution in [0.25, 0.3) is 99.5 Å². The normalized spacial score (nSPS) is 13.6. The SMILES string of the molecule is N#Cc1cc(-n2c3cc(-c4ccc(C(F)(F)F)cc4C(F)(F)F)ccc3c3ccc(-c4ccc(C(F)(F)F)cc4C(F)(F)F)cc32)c(-n2c3cc(-c4ccc(C(F)(F)F)cc4C(F)(F)F)ccc3c3c(C(F)(F)F)cc(C(F)(F)F)cc32)cc1-c1c(C(F)(F)F)cccc1C(F)(F)F. The number of hydrogen-bond donors (Lipinski definition) is 0. The summed E-state index contributed by atoms with van der Waals surface area (Å²) in [4.78, 5) is 0. The molecule has 0 atom stereocenters. The first-order valence-corrected chi connectivity index (χ1v) is 27.0. The van der Waals surface area contributed by atoms with E-state index in [0.29, 0.717) is 34.9 Å². The van der Waals surface area contributed by atoms with Gasteiger partial charge in [0.25, 0.3) is 0 Å². The minimum atomic E-state index is -6.03. The van der Waals surface area contributed by atoms with E-state index in [1.807, 2.05) is 0 Å². The Morgan fingerprint density at radius 1 is 0.255 bits per heavy atom. The zero-order chi connectivity index (χ0) is 72.3. The topological polar surface area (TPSA) is 33.6 Å². The molecule has 0 saturated heterocycles. The van der Waals surface area contributed by atoms with Crippen molar-refractivity contribution < 1.29 is 132 Å². The van der Waals surface area contributed by atoms with Crippen LogP contribution in [0.1, 0.15) is 61.2 Å². The number of nitrogens with zero attached hydrogens (tertiary/aromatic N) is 3. The zero-order valence-corrected chi connectivity index (χ0v) is 47.1. The smallest absolute Gasteiger partial charge is 0.307 e. The summed E-state index contributed by atoms with van der Waals surface area (Å²) in [5, 5.41) is 7.53. The highest BCUT2D eigenvalue weighted by molar-refractivity contribution is 6.14. The molecule has 2 heterocycles. The third-order valence-corrected chi connectivity index (χ3v) is 15.8. The Hall–Kier alpha value is -10.0. The lowest BCUT2D eigenvalue weighted by Gasteiger charge is -2.23. The number of rotatable bonds is 6. The van der Waals surface area contributed by atoms with Crippen molar-refractivity contribution in [2.45, 2.75) is 61.8 Å². The first-order chi connectivity index (χ1) is 44.9. The number of hydrogen-bond acceptors (Lipinski definition) is 1. The first kappa shape index (κ1) is 69.3. The quantitative estimate of drug-likeness (QED) is 0.153. The highest BCUT2D eigenvalue weighted by atomic mass is 19.4. The summed E-state index contributed by atoms with van der Waals surface area (Å²) >= 11 is 0. The largest absolute Gasteiger partial charge is 0.417 e. The molecule has 0 aliphatic carbocycles. The Labute approximate surface area is 525 Å². The van der Waals surface area contributed by atoms with Crippen molar-refractivity contribution in [3.8, 4) is 62.0 Å². The summed E-state index contributed by atoms with van der Waals surface area (Å²) in [5.41, 5.74) is -40.1. The molecule has 11 rings (SSSR count). The van der Waals surface area contributed by atoms with Crippen LogP contribution in [-0.4, -0.2) is 9.13 Å². The van der Waals surface area contributed by atoms with Gasteiger partial charge in [-0.25, -0.2) is 0 Å². The van der Waals surface area contributed by atoms with E-state index in [-0.39, 0.29) is 89.5 Å². The van der Waals surface area contributed by atoms with E-state index >= 15 is 92.2 Å². The van der Waals surface area contributed by atoms with Crippen LogP contribution in [0.3, 0.4) is 0 Å². The minimum absolute atomic E-state index is 0.0114. The van der Waals surface area contributed by atoms with Crippen LogP contribution in [0.2, 0.25) is 0 Å². The second kappa shape index (κ2) is 22.5. The van der Waals surface area contributed by atoms with Gasteiger partial charge in [0, 0.05) is 32.7 Å². The maximum Gasteiger partial charge on any atom is 0.417 e. The van der Waals surface area contributed by atoms with Gasteiger partial charge in [0.2, 0.25) is 0 Å². The van der Waals surface area contributed by atoms with Gasteiger partial charge in [0.05, 0.1) is 101 Å². The predicted molar refractivity (Wildman–Crippen MR) is 292 cm³/mol. The Kier molecular flexibility index (Phi) is 15.9. The summed E-state index contributed by atoms with van der Waals surface area (Å²) in [6.07, 6.45) is -57.8. The number of benzene rings is 9. The molecule has 0 amide bonds. The molecule has 0 aliphatic heterocycles. The van der Waals surface area contributed by atoms with Crippen LogP contribution in [-0.2, 0) is 61.8 Å². The molecule has 510 valence electrons. The molecule has 0 N–H and O–H groups in total. The molecule has 3 nitrogen and oxygen atoms in total. The molecular weight excluding hydrogens is 1390 g/mol. The predicted octanol–water partition coefficient (Wildman–Crippen LogP) is 24.6. The lowest BCUT2D eigenvalue weighted by Crippen LogP contribution is -2.15. The molecule has 0 radical (unpaired) electrons. The molecule has 11 aromatic rings. The van der Waals surface area contributed by atoms with Crippen molar-refractivity contribution >= 4 is 43.6 Å². The Bertz CT molecular complexity index is 4950. The Morgan fingerprint density at radius 2 is 0.571 bits per heavy atom. The lowest BCUT2D eigenvalue weighted by molar-refractivity contribution is -0.144. The van der Waals surface area contributed by atoms with E-state index < -0.39 is 235 Å². The summed E-state index contributed by atoms with van der Waals surface area (Å²) in [7, 11) is 0. The average Bonchev–Trinajstić information content (AvgIpc) is 1.53. The molecule has 0 spiro atoms. The molecule has 98 heavy (non-hydrogen) atoms. The van der Waals surface area contributed by atoms with Crippen LogP contribution in [0.4, 0.5) is 132 Å². The number of halogens is 30. The van der Waals surface area contributed by atoms with Gasteiger partial charge in [-0.1, -0.05) is 60.7 Å². The van der Waals surface area contributed by atoms with Crippen molar-refractivity contribution in [3.63, 3.8) is 0 Å². The fraction of sp³-hybridized carbons (Fsp3) is 0.154. The van der Waals surface area contributed by atoms with E-state index in [1.54, 1.807) is 0 Å². The molecule has 0 fully saturated rings. The average molecular weight is 1420 g/mol. The number of alkyl halides is 30. The van der Waals surface area contributed by atoms with Crippen LogP contribution in [0, 0.1) is 11.3 Å². The molecule has 0 saturated carbocycles. The summed E-state index contributed by atoms with van der Waals surface area (Å²) < 4.78 is 447. The maximum atomic E-state index is 15.7. The summed E-state index contributed by atoms with van der Waals surface area (Å²) in [6, 6.07) is 6.57. The van der Waals surface area contributed by atoms with Gasteiger partial charge in [-0.3, -0.25) is 0 Å². The van der Waals surface area contributed by atoms with Gasteiger partial charge in [0.1, 0.15) is 0 Å². The maximum absolute atomic E-state index is 15.7. The second-order valence-corrected chi connectivity index (χ2v) is 21.8. The number of nitriles is 1. The van der Waals surface area contributed by atoms with Crippen molar-refractivity contribution in [1.29, 1.82) is 5.26 Å². The Balaban J connectivity index is 1.43. The summed E-state index contributed by atoms with van der Waals surface area (Å²) in [6.45, 7) is 0. The third kappa shape index (κ3) is 12.4. The lowest BCUT2D eigenvalue weighted by atomic mass is 9.89. The second-order valence-electron chi connectivity index (χ2n) is 21.8. The van der Waals surface area contributed by atoms with Gasteiger partial charge in [-0.05, 0) is 124 Å². The molecule has 9 aromatic carbocycles. The van der Waals surface area contributed by atoms with Crippen LogP contribution in [0.15, 0.2) is 152 Å².